The fourth-order valence-corrected chi connectivity index (χ4v) is 1.88. The van der Waals surface area contributed by atoms with Crippen LogP contribution in [-0.4, -0.2) is 11.8 Å². The minimum absolute atomic E-state index is 0.225. The molecule has 0 aromatic heterocycles. The molecule has 0 N–H and O–H groups in total. The Hall–Kier alpha value is -1.59. The molecule has 1 heterocycles. The van der Waals surface area contributed by atoms with Crippen LogP contribution >= 0.6 is 0 Å². The summed E-state index contributed by atoms with van der Waals surface area (Å²) >= 11 is 0. The average molecular weight is 292 g/mol. The molecular weight excluding hydrogens is 279 g/mol. The van der Waals surface area contributed by atoms with Crippen LogP contribution in [0.5, 0.6) is 5.75 Å². The van der Waals surface area contributed by atoms with Crippen LogP contribution in [-0.2, 0) is 5.92 Å². The van der Waals surface area contributed by atoms with Crippen LogP contribution in [0.2, 0.25) is 0 Å². The molecule has 0 unspecified atom stereocenters. The molecule has 1 aliphatic rings. The highest BCUT2D eigenvalue weighted by atomic mass is 19.4. The summed E-state index contributed by atoms with van der Waals surface area (Å²) in [5, 5.41) is 0. The topological polar surface area (TPSA) is 9.23 Å². The van der Waals surface area contributed by atoms with Gasteiger partial charge >= 0.3 is 12.1 Å². The molecule has 0 amide bonds. The zero-order valence-corrected chi connectivity index (χ0v) is 11.1. The van der Waals surface area contributed by atoms with E-state index in [0.717, 1.165) is 23.8 Å². The summed E-state index contributed by atoms with van der Waals surface area (Å²) in [5.74, 6) is -4.58. The van der Waals surface area contributed by atoms with Gasteiger partial charge in [-0.05, 0) is 50.6 Å². The van der Waals surface area contributed by atoms with Gasteiger partial charge in [0, 0.05) is 11.1 Å². The molecule has 0 atom stereocenters. The highest BCUT2D eigenvalue weighted by molar-refractivity contribution is 5.64. The molecule has 1 nitrogen and oxygen atoms in total. The van der Waals surface area contributed by atoms with E-state index >= 15 is 0 Å². The second-order valence-corrected chi connectivity index (χ2v) is 5.26. The maximum absolute atomic E-state index is 13.3. The second kappa shape index (κ2) is 4.20. The molecule has 20 heavy (non-hydrogen) atoms. The Morgan fingerprint density at radius 3 is 2.20 bits per heavy atom. The lowest BCUT2D eigenvalue weighted by Gasteiger charge is -2.33. The smallest absolute Gasteiger partial charge is 0.458 e. The summed E-state index contributed by atoms with van der Waals surface area (Å²) in [5.41, 5.74) is -0.724. The quantitative estimate of drug-likeness (QED) is 0.668. The van der Waals surface area contributed by atoms with E-state index in [1.165, 1.54) is 0 Å². The van der Waals surface area contributed by atoms with Crippen molar-refractivity contribution in [3.8, 4) is 5.75 Å². The van der Waals surface area contributed by atoms with Gasteiger partial charge in [0.1, 0.15) is 11.4 Å². The summed E-state index contributed by atoms with van der Waals surface area (Å²) in [6.07, 6.45) is -4.05. The molecule has 0 saturated heterocycles. The van der Waals surface area contributed by atoms with Gasteiger partial charge in [-0.25, -0.2) is 0 Å². The van der Waals surface area contributed by atoms with Gasteiger partial charge in [-0.15, -0.1) is 0 Å². The van der Waals surface area contributed by atoms with Gasteiger partial charge in [-0.2, -0.15) is 22.0 Å². The fraction of sp³-hybridized carbons (Fsp3) is 0.429. The van der Waals surface area contributed by atoms with Crippen LogP contribution in [0, 0.1) is 0 Å². The van der Waals surface area contributed by atoms with Crippen molar-refractivity contribution < 1.29 is 26.7 Å². The van der Waals surface area contributed by atoms with Gasteiger partial charge in [0.2, 0.25) is 0 Å². The van der Waals surface area contributed by atoms with E-state index in [2.05, 4.69) is 0 Å². The van der Waals surface area contributed by atoms with Gasteiger partial charge in [-0.1, -0.05) is 0 Å². The van der Waals surface area contributed by atoms with Crippen molar-refractivity contribution in [2.75, 3.05) is 0 Å². The van der Waals surface area contributed by atoms with E-state index in [0.29, 0.717) is 5.75 Å². The third-order valence-corrected chi connectivity index (χ3v) is 3.42. The first-order valence-electron chi connectivity index (χ1n) is 5.92. The van der Waals surface area contributed by atoms with Crippen molar-refractivity contribution in [1.29, 1.82) is 0 Å². The summed E-state index contributed by atoms with van der Waals surface area (Å²) in [6.45, 7) is 5.32. The van der Waals surface area contributed by atoms with Crippen LogP contribution in [0.4, 0.5) is 22.0 Å². The van der Waals surface area contributed by atoms with Crippen molar-refractivity contribution in [1.82, 2.24) is 0 Å². The van der Waals surface area contributed by atoms with Crippen molar-refractivity contribution in [2.45, 2.75) is 38.5 Å². The average Bonchev–Trinajstić information content (AvgIpc) is 2.28. The predicted molar refractivity (Wildman–Crippen MR) is 64.7 cm³/mol. The minimum atomic E-state index is -5.62. The lowest BCUT2D eigenvalue weighted by Crippen LogP contribution is -2.34. The van der Waals surface area contributed by atoms with Crippen LogP contribution in [0.25, 0.3) is 6.08 Å². The van der Waals surface area contributed by atoms with E-state index in [1.807, 2.05) is 0 Å². The molecule has 1 aromatic carbocycles. The van der Waals surface area contributed by atoms with E-state index in [1.54, 1.807) is 26.8 Å². The lowest BCUT2D eigenvalue weighted by molar-refractivity contribution is -0.289. The molecule has 6 heteroatoms. The normalized spacial score (nSPS) is 18.1. The zero-order valence-electron chi connectivity index (χ0n) is 11.1. The van der Waals surface area contributed by atoms with Crippen molar-refractivity contribution in [3.05, 3.63) is 34.9 Å². The number of halogens is 5. The Bertz CT molecular complexity index is 569. The Balaban J connectivity index is 2.50. The lowest BCUT2D eigenvalue weighted by atomic mass is 9.92. The van der Waals surface area contributed by atoms with Crippen molar-refractivity contribution in [3.63, 3.8) is 0 Å². The molecule has 1 aromatic rings. The standard InChI is InChI=1S/C14H13F5O/c1-8-6-9-7-10(13(15,16)14(17,18)19)4-5-11(9)20-12(8,2)3/h4-7H,1-3H3. The molecular formula is C14H13F5O. The molecule has 0 aliphatic carbocycles. The predicted octanol–water partition coefficient (Wildman–Crippen LogP) is 4.92. The van der Waals surface area contributed by atoms with E-state index in [-0.39, 0.29) is 5.56 Å². The number of benzene rings is 1. The molecule has 110 valence electrons. The van der Waals surface area contributed by atoms with Gasteiger partial charge in [0.15, 0.2) is 0 Å². The fourth-order valence-electron chi connectivity index (χ4n) is 1.88. The number of rotatable bonds is 1. The van der Waals surface area contributed by atoms with E-state index in [9.17, 15) is 22.0 Å². The Labute approximate surface area is 113 Å². The Morgan fingerprint density at radius 1 is 1.05 bits per heavy atom. The first-order chi connectivity index (χ1) is 8.95. The summed E-state index contributed by atoms with van der Waals surface area (Å²) in [4.78, 5) is 0. The van der Waals surface area contributed by atoms with Gasteiger partial charge < -0.3 is 4.74 Å². The SMILES string of the molecule is CC1=Cc2cc(C(F)(F)C(F)(F)F)ccc2OC1(C)C. The van der Waals surface area contributed by atoms with Gasteiger partial charge in [0.25, 0.3) is 0 Å². The summed E-state index contributed by atoms with van der Waals surface area (Å²) in [7, 11) is 0. The Kier molecular flexibility index (Phi) is 3.11. The van der Waals surface area contributed by atoms with Crippen LogP contribution in [0.3, 0.4) is 0 Å². The molecule has 0 bridgehead atoms. The maximum Gasteiger partial charge on any atom is 0.458 e. The number of alkyl halides is 5. The molecule has 1 aliphatic heterocycles. The minimum Gasteiger partial charge on any atom is -0.483 e. The monoisotopic (exact) mass is 292 g/mol. The third-order valence-electron chi connectivity index (χ3n) is 3.42. The highest BCUT2D eigenvalue weighted by Crippen LogP contribution is 2.46. The second-order valence-electron chi connectivity index (χ2n) is 5.26. The van der Waals surface area contributed by atoms with Crippen molar-refractivity contribution in [2.24, 2.45) is 0 Å². The third kappa shape index (κ3) is 2.27. The van der Waals surface area contributed by atoms with E-state index in [4.69, 9.17) is 4.74 Å². The zero-order chi connectivity index (χ0) is 15.3. The molecule has 0 saturated carbocycles. The van der Waals surface area contributed by atoms with Crippen molar-refractivity contribution >= 4 is 6.08 Å². The number of hydrogen-bond donors (Lipinski definition) is 0. The molecule has 0 fully saturated rings. The van der Waals surface area contributed by atoms with Crippen LogP contribution in [0.15, 0.2) is 23.8 Å². The molecule has 2 rings (SSSR count). The highest BCUT2D eigenvalue weighted by Gasteiger charge is 2.58. The molecule has 0 radical (unpaired) electrons. The maximum atomic E-state index is 13.3. The molecule has 0 spiro atoms. The number of fused-ring (bicyclic) bond motifs is 1. The summed E-state index contributed by atoms with van der Waals surface area (Å²) < 4.78 is 69.2. The largest absolute Gasteiger partial charge is 0.483 e. The van der Waals surface area contributed by atoms with Gasteiger partial charge in [0.05, 0.1) is 0 Å². The van der Waals surface area contributed by atoms with E-state index < -0.39 is 23.3 Å². The Morgan fingerprint density at radius 2 is 1.65 bits per heavy atom. The summed E-state index contributed by atoms with van der Waals surface area (Å²) in [6, 6.07) is 2.72. The number of hydrogen-bond acceptors (Lipinski definition) is 1. The first kappa shape index (κ1) is 14.8. The van der Waals surface area contributed by atoms with Crippen LogP contribution < -0.4 is 4.74 Å². The first-order valence-corrected chi connectivity index (χ1v) is 5.92. The number of ether oxygens (including phenoxy) is 1. The van der Waals surface area contributed by atoms with Crippen LogP contribution in [0.1, 0.15) is 31.9 Å². The van der Waals surface area contributed by atoms with Gasteiger partial charge in [-0.3, -0.25) is 0 Å².